The molecule has 0 aliphatic carbocycles. The standard InChI is InChI=1S/C11H21N3O2S/c1-3-12-6-4-5-11-9-13-14(10-11)7-8-17(2,15)16/h9-10,12H,3-8H2,1-2H3. The Kier molecular flexibility index (Phi) is 5.64. The number of aromatic nitrogens is 2. The monoisotopic (exact) mass is 259 g/mol. The van der Waals surface area contributed by atoms with Crippen molar-refractivity contribution in [1.82, 2.24) is 15.1 Å². The Morgan fingerprint density at radius 3 is 2.88 bits per heavy atom. The molecule has 1 N–H and O–H groups in total. The van der Waals surface area contributed by atoms with Crippen LogP contribution >= 0.6 is 0 Å². The van der Waals surface area contributed by atoms with E-state index in [1.54, 1.807) is 4.68 Å². The molecule has 0 aliphatic rings. The Hall–Kier alpha value is -0.880. The highest BCUT2D eigenvalue weighted by Gasteiger charge is 2.04. The fourth-order valence-electron chi connectivity index (χ4n) is 1.51. The first-order valence-corrected chi connectivity index (χ1v) is 7.97. The van der Waals surface area contributed by atoms with Crippen LogP contribution in [0.5, 0.6) is 0 Å². The largest absolute Gasteiger partial charge is 0.317 e. The van der Waals surface area contributed by atoms with Crippen molar-refractivity contribution in [2.45, 2.75) is 26.3 Å². The van der Waals surface area contributed by atoms with Crippen LogP contribution in [0.4, 0.5) is 0 Å². The number of rotatable bonds is 8. The zero-order valence-electron chi connectivity index (χ0n) is 10.5. The molecule has 5 nitrogen and oxygen atoms in total. The Labute approximate surface area is 103 Å². The predicted octanol–water partition coefficient (Wildman–Crippen LogP) is 0.470. The van der Waals surface area contributed by atoms with Crippen LogP contribution in [0.25, 0.3) is 0 Å². The molecule has 1 rings (SSSR count). The molecule has 0 spiro atoms. The highest BCUT2D eigenvalue weighted by Crippen LogP contribution is 2.01. The Morgan fingerprint density at radius 2 is 2.24 bits per heavy atom. The summed E-state index contributed by atoms with van der Waals surface area (Å²) in [6.45, 7) is 4.52. The summed E-state index contributed by atoms with van der Waals surface area (Å²) >= 11 is 0. The van der Waals surface area contributed by atoms with Gasteiger partial charge < -0.3 is 5.32 Å². The van der Waals surface area contributed by atoms with Crippen LogP contribution in [0.3, 0.4) is 0 Å². The summed E-state index contributed by atoms with van der Waals surface area (Å²) in [5.74, 6) is 0.144. The van der Waals surface area contributed by atoms with Gasteiger partial charge in [-0.2, -0.15) is 5.10 Å². The summed E-state index contributed by atoms with van der Waals surface area (Å²) in [5.41, 5.74) is 1.16. The molecule has 0 saturated carbocycles. The zero-order chi connectivity index (χ0) is 12.7. The van der Waals surface area contributed by atoms with Crippen LogP contribution < -0.4 is 5.32 Å². The molecule has 0 atom stereocenters. The van der Waals surface area contributed by atoms with Crippen LogP contribution in [-0.4, -0.2) is 43.3 Å². The van der Waals surface area contributed by atoms with Crippen molar-refractivity contribution < 1.29 is 8.42 Å². The number of nitrogens with one attached hydrogen (secondary N) is 1. The van der Waals surface area contributed by atoms with Gasteiger partial charge in [0.2, 0.25) is 0 Å². The maximum atomic E-state index is 11.0. The molecule has 0 bridgehead atoms. The van der Waals surface area contributed by atoms with Crippen LogP contribution in [0.2, 0.25) is 0 Å². The zero-order valence-corrected chi connectivity index (χ0v) is 11.3. The third-order valence-corrected chi connectivity index (χ3v) is 3.37. The van der Waals surface area contributed by atoms with Gasteiger partial charge in [-0.25, -0.2) is 8.42 Å². The molecule has 98 valence electrons. The van der Waals surface area contributed by atoms with Gasteiger partial charge in [-0.3, -0.25) is 4.68 Å². The summed E-state index contributed by atoms with van der Waals surface area (Å²) in [7, 11) is -2.91. The van der Waals surface area contributed by atoms with E-state index in [0.717, 1.165) is 31.5 Å². The summed E-state index contributed by atoms with van der Waals surface area (Å²) in [6.07, 6.45) is 7.04. The van der Waals surface area contributed by atoms with E-state index in [0.29, 0.717) is 6.54 Å². The lowest BCUT2D eigenvalue weighted by Gasteiger charge is -2.00. The maximum Gasteiger partial charge on any atom is 0.149 e. The topological polar surface area (TPSA) is 64.0 Å². The number of aryl methyl sites for hydroxylation is 2. The van der Waals surface area contributed by atoms with Gasteiger partial charge in [0.25, 0.3) is 0 Å². The van der Waals surface area contributed by atoms with E-state index in [2.05, 4.69) is 17.3 Å². The summed E-state index contributed by atoms with van der Waals surface area (Å²) in [4.78, 5) is 0. The number of nitrogens with zero attached hydrogens (tertiary/aromatic N) is 2. The van der Waals surface area contributed by atoms with Gasteiger partial charge in [-0.1, -0.05) is 6.92 Å². The molecular formula is C11H21N3O2S. The van der Waals surface area contributed by atoms with Gasteiger partial charge in [0.05, 0.1) is 18.5 Å². The summed E-state index contributed by atoms with van der Waals surface area (Å²) < 4.78 is 23.7. The molecule has 1 heterocycles. The minimum atomic E-state index is -2.91. The average molecular weight is 259 g/mol. The molecule has 1 aromatic heterocycles. The molecule has 0 amide bonds. The van der Waals surface area contributed by atoms with Crippen molar-refractivity contribution in [1.29, 1.82) is 0 Å². The second-order valence-electron chi connectivity index (χ2n) is 4.20. The second kappa shape index (κ2) is 6.76. The first-order valence-electron chi connectivity index (χ1n) is 5.91. The molecule has 6 heteroatoms. The van der Waals surface area contributed by atoms with Gasteiger partial charge in [-0.15, -0.1) is 0 Å². The van der Waals surface area contributed by atoms with Crippen molar-refractivity contribution in [2.75, 3.05) is 25.1 Å². The predicted molar refractivity (Wildman–Crippen MR) is 68.8 cm³/mol. The maximum absolute atomic E-state index is 11.0. The van der Waals surface area contributed by atoms with Gasteiger partial charge in [0, 0.05) is 12.5 Å². The first kappa shape index (κ1) is 14.2. The van der Waals surface area contributed by atoms with Crippen LogP contribution in [0, 0.1) is 0 Å². The molecule has 17 heavy (non-hydrogen) atoms. The van der Waals surface area contributed by atoms with Gasteiger partial charge in [-0.05, 0) is 31.5 Å². The van der Waals surface area contributed by atoms with E-state index >= 15 is 0 Å². The second-order valence-corrected chi connectivity index (χ2v) is 6.46. The van der Waals surface area contributed by atoms with Crippen molar-refractivity contribution in [3.05, 3.63) is 18.0 Å². The molecule has 0 aromatic carbocycles. The molecule has 0 radical (unpaired) electrons. The molecule has 0 aliphatic heterocycles. The smallest absolute Gasteiger partial charge is 0.149 e. The Morgan fingerprint density at radius 1 is 1.47 bits per heavy atom. The fraction of sp³-hybridized carbons (Fsp3) is 0.727. The normalized spacial score (nSPS) is 11.9. The summed E-state index contributed by atoms with van der Waals surface area (Å²) in [5, 5.41) is 7.41. The quantitative estimate of drug-likeness (QED) is 0.689. The molecule has 0 unspecified atom stereocenters. The molecular weight excluding hydrogens is 238 g/mol. The van der Waals surface area contributed by atoms with Crippen molar-refractivity contribution >= 4 is 9.84 Å². The van der Waals surface area contributed by atoms with Crippen LogP contribution in [-0.2, 0) is 22.8 Å². The highest BCUT2D eigenvalue weighted by atomic mass is 32.2. The van der Waals surface area contributed by atoms with Gasteiger partial charge in [0.15, 0.2) is 0 Å². The first-order chi connectivity index (χ1) is 8.01. The van der Waals surface area contributed by atoms with Crippen molar-refractivity contribution in [3.63, 3.8) is 0 Å². The van der Waals surface area contributed by atoms with Crippen LogP contribution in [0.15, 0.2) is 12.4 Å². The Balaban J connectivity index is 2.32. The SMILES string of the molecule is CCNCCCc1cnn(CCS(C)(=O)=O)c1. The third-order valence-electron chi connectivity index (χ3n) is 2.45. The minimum absolute atomic E-state index is 0.144. The van der Waals surface area contributed by atoms with Crippen molar-refractivity contribution in [2.24, 2.45) is 0 Å². The van der Waals surface area contributed by atoms with E-state index in [-0.39, 0.29) is 5.75 Å². The lowest BCUT2D eigenvalue weighted by atomic mass is 10.2. The van der Waals surface area contributed by atoms with Gasteiger partial charge >= 0.3 is 0 Å². The van der Waals surface area contributed by atoms with E-state index in [9.17, 15) is 8.42 Å². The molecule has 0 fully saturated rings. The lowest BCUT2D eigenvalue weighted by molar-refractivity contribution is 0.586. The highest BCUT2D eigenvalue weighted by molar-refractivity contribution is 7.90. The van der Waals surface area contributed by atoms with E-state index in [1.165, 1.54) is 6.26 Å². The van der Waals surface area contributed by atoms with E-state index < -0.39 is 9.84 Å². The fourth-order valence-corrected chi connectivity index (χ4v) is 2.03. The summed E-state index contributed by atoms with van der Waals surface area (Å²) in [6, 6.07) is 0. The van der Waals surface area contributed by atoms with Crippen molar-refractivity contribution in [3.8, 4) is 0 Å². The number of hydrogen-bond acceptors (Lipinski definition) is 4. The molecule has 0 saturated heterocycles. The van der Waals surface area contributed by atoms with Crippen LogP contribution in [0.1, 0.15) is 18.9 Å². The third kappa shape index (κ3) is 6.43. The van der Waals surface area contributed by atoms with E-state index in [4.69, 9.17) is 0 Å². The average Bonchev–Trinajstić information content (AvgIpc) is 2.69. The number of sulfone groups is 1. The minimum Gasteiger partial charge on any atom is -0.317 e. The Bertz CT molecular complexity index is 426. The number of hydrogen-bond donors (Lipinski definition) is 1. The van der Waals surface area contributed by atoms with E-state index in [1.807, 2.05) is 12.4 Å². The lowest BCUT2D eigenvalue weighted by Crippen LogP contribution is -2.14. The molecule has 1 aromatic rings. The van der Waals surface area contributed by atoms with Gasteiger partial charge in [0.1, 0.15) is 9.84 Å².